The summed E-state index contributed by atoms with van der Waals surface area (Å²) in [5.41, 5.74) is 0.829. The van der Waals surface area contributed by atoms with E-state index in [0.29, 0.717) is 0 Å². The molecule has 0 aliphatic heterocycles. The van der Waals surface area contributed by atoms with Gasteiger partial charge in [0.2, 0.25) is 10.0 Å². The van der Waals surface area contributed by atoms with Crippen LogP contribution >= 0.6 is 0 Å². The van der Waals surface area contributed by atoms with Crippen molar-refractivity contribution in [2.75, 3.05) is 7.11 Å². The average molecular weight is 309 g/mol. The van der Waals surface area contributed by atoms with Gasteiger partial charge in [-0.15, -0.1) is 0 Å². The summed E-state index contributed by atoms with van der Waals surface area (Å²) < 4.78 is 45.4. The molecule has 2 aromatic rings. The molecule has 112 valence electrons. The molecule has 0 amide bonds. The third-order valence-corrected chi connectivity index (χ3v) is 4.60. The monoisotopic (exact) mass is 309 g/mol. The zero-order valence-electron chi connectivity index (χ0n) is 11.7. The predicted molar refractivity (Wildman–Crippen MR) is 78.1 cm³/mol. The van der Waals surface area contributed by atoms with Gasteiger partial charge in [-0.2, -0.15) is 0 Å². The van der Waals surface area contributed by atoms with E-state index in [9.17, 15) is 12.8 Å². The number of ether oxygens (including phenoxy) is 1. The Hall–Kier alpha value is -1.92. The minimum atomic E-state index is -3.80. The molecule has 2 aromatic carbocycles. The minimum absolute atomic E-state index is 0.00468. The van der Waals surface area contributed by atoms with Gasteiger partial charge in [0.25, 0.3) is 0 Å². The Morgan fingerprint density at radius 3 is 2.38 bits per heavy atom. The second-order valence-corrected chi connectivity index (χ2v) is 6.26. The van der Waals surface area contributed by atoms with Gasteiger partial charge in [0.15, 0.2) is 11.6 Å². The second kappa shape index (κ2) is 6.24. The Balaban J connectivity index is 2.24. The van der Waals surface area contributed by atoms with E-state index in [0.717, 1.165) is 11.6 Å². The largest absolute Gasteiger partial charge is 0.494 e. The summed E-state index contributed by atoms with van der Waals surface area (Å²) in [7, 11) is -2.48. The Bertz CT molecular complexity index is 717. The Labute approximate surface area is 123 Å². The van der Waals surface area contributed by atoms with Crippen LogP contribution in [0.15, 0.2) is 53.4 Å². The zero-order chi connectivity index (χ0) is 15.5. The van der Waals surface area contributed by atoms with Crippen LogP contribution in [0, 0.1) is 5.82 Å². The molecule has 0 heterocycles. The van der Waals surface area contributed by atoms with Crippen LogP contribution < -0.4 is 9.46 Å². The molecule has 0 spiro atoms. The number of halogens is 1. The molecular formula is C15H16FNO3S. The Morgan fingerprint density at radius 1 is 1.14 bits per heavy atom. The van der Waals surface area contributed by atoms with E-state index >= 15 is 0 Å². The van der Waals surface area contributed by atoms with Gasteiger partial charge < -0.3 is 4.74 Å². The molecule has 0 saturated heterocycles. The molecule has 1 N–H and O–H groups in total. The number of sulfonamides is 1. The van der Waals surface area contributed by atoms with Crippen molar-refractivity contribution in [1.82, 2.24) is 4.72 Å². The van der Waals surface area contributed by atoms with Crippen LogP contribution in [0.1, 0.15) is 18.5 Å². The van der Waals surface area contributed by atoms with Crippen LogP contribution in [-0.2, 0) is 10.0 Å². The molecular weight excluding hydrogens is 293 g/mol. The quantitative estimate of drug-likeness (QED) is 0.924. The third-order valence-electron chi connectivity index (χ3n) is 3.07. The standard InChI is InChI=1S/C15H16FNO3S/c1-11(12-6-4-3-5-7-12)17-21(18,19)13-8-9-15(20-2)14(16)10-13/h3-11,17H,1-2H3. The van der Waals surface area contributed by atoms with E-state index in [1.54, 1.807) is 6.92 Å². The highest BCUT2D eigenvalue weighted by molar-refractivity contribution is 7.89. The predicted octanol–water partition coefficient (Wildman–Crippen LogP) is 2.87. The lowest BCUT2D eigenvalue weighted by atomic mass is 10.1. The first-order chi connectivity index (χ1) is 9.94. The molecule has 0 aliphatic rings. The summed E-state index contributed by atoms with van der Waals surface area (Å²) in [6.07, 6.45) is 0. The van der Waals surface area contributed by atoms with Crippen LogP contribution in [0.25, 0.3) is 0 Å². The molecule has 1 unspecified atom stereocenters. The second-order valence-electron chi connectivity index (χ2n) is 4.55. The lowest BCUT2D eigenvalue weighted by molar-refractivity contribution is 0.385. The Morgan fingerprint density at radius 2 is 1.81 bits per heavy atom. The lowest BCUT2D eigenvalue weighted by Crippen LogP contribution is -2.27. The number of methoxy groups -OCH3 is 1. The van der Waals surface area contributed by atoms with Gasteiger partial charge in [0.1, 0.15) is 0 Å². The number of hydrogen-bond acceptors (Lipinski definition) is 3. The first-order valence-electron chi connectivity index (χ1n) is 6.35. The summed E-state index contributed by atoms with van der Waals surface area (Å²) in [5, 5.41) is 0. The van der Waals surface area contributed by atoms with Crippen molar-refractivity contribution < 1.29 is 17.5 Å². The zero-order valence-corrected chi connectivity index (χ0v) is 12.5. The maximum absolute atomic E-state index is 13.6. The first-order valence-corrected chi connectivity index (χ1v) is 7.83. The van der Waals surface area contributed by atoms with Crippen LogP contribution in [0.2, 0.25) is 0 Å². The van der Waals surface area contributed by atoms with Gasteiger partial charge in [-0.3, -0.25) is 0 Å². The summed E-state index contributed by atoms with van der Waals surface area (Å²) in [6.45, 7) is 1.73. The summed E-state index contributed by atoms with van der Waals surface area (Å²) in [4.78, 5) is -0.136. The molecule has 0 fully saturated rings. The first kappa shape index (κ1) is 15.5. The molecule has 0 radical (unpaired) electrons. The normalized spacial score (nSPS) is 12.9. The van der Waals surface area contributed by atoms with Crippen LogP contribution in [0.4, 0.5) is 4.39 Å². The number of benzene rings is 2. The highest BCUT2D eigenvalue weighted by atomic mass is 32.2. The van der Waals surface area contributed by atoms with Crippen molar-refractivity contribution in [3.63, 3.8) is 0 Å². The van der Waals surface area contributed by atoms with Gasteiger partial charge in [-0.05, 0) is 30.7 Å². The maximum atomic E-state index is 13.6. The molecule has 2 rings (SSSR count). The van der Waals surface area contributed by atoms with Gasteiger partial charge in [0, 0.05) is 6.04 Å². The van der Waals surface area contributed by atoms with Gasteiger partial charge >= 0.3 is 0 Å². The molecule has 1 atom stereocenters. The summed E-state index contributed by atoms with van der Waals surface area (Å²) in [6, 6.07) is 12.3. The van der Waals surface area contributed by atoms with Crippen molar-refractivity contribution >= 4 is 10.0 Å². The fourth-order valence-corrected chi connectivity index (χ4v) is 3.17. The van der Waals surface area contributed by atoms with Gasteiger partial charge in [0.05, 0.1) is 12.0 Å². The highest BCUT2D eigenvalue weighted by Crippen LogP contribution is 2.22. The lowest BCUT2D eigenvalue weighted by Gasteiger charge is -2.15. The molecule has 4 nitrogen and oxygen atoms in total. The van der Waals surface area contributed by atoms with Crippen molar-refractivity contribution in [2.24, 2.45) is 0 Å². The maximum Gasteiger partial charge on any atom is 0.241 e. The van der Waals surface area contributed by atoms with E-state index in [1.807, 2.05) is 30.3 Å². The fourth-order valence-electron chi connectivity index (χ4n) is 1.92. The number of rotatable bonds is 5. The van der Waals surface area contributed by atoms with E-state index in [4.69, 9.17) is 4.74 Å². The SMILES string of the molecule is COc1ccc(S(=O)(=O)NC(C)c2ccccc2)cc1F. The van der Waals surface area contributed by atoms with Crippen molar-refractivity contribution in [3.05, 3.63) is 59.9 Å². The molecule has 0 bridgehead atoms. The van der Waals surface area contributed by atoms with E-state index in [-0.39, 0.29) is 10.6 Å². The van der Waals surface area contributed by atoms with E-state index in [1.165, 1.54) is 19.2 Å². The summed E-state index contributed by atoms with van der Waals surface area (Å²) >= 11 is 0. The number of nitrogens with one attached hydrogen (secondary N) is 1. The molecule has 0 aromatic heterocycles. The van der Waals surface area contributed by atoms with Gasteiger partial charge in [-0.1, -0.05) is 30.3 Å². The van der Waals surface area contributed by atoms with E-state index < -0.39 is 21.9 Å². The van der Waals surface area contributed by atoms with Crippen molar-refractivity contribution in [2.45, 2.75) is 17.9 Å². The molecule has 21 heavy (non-hydrogen) atoms. The van der Waals surface area contributed by atoms with Crippen LogP contribution in [0.3, 0.4) is 0 Å². The molecule has 0 saturated carbocycles. The van der Waals surface area contributed by atoms with Crippen molar-refractivity contribution in [3.8, 4) is 5.75 Å². The van der Waals surface area contributed by atoms with Crippen molar-refractivity contribution in [1.29, 1.82) is 0 Å². The van der Waals surface area contributed by atoms with Gasteiger partial charge in [-0.25, -0.2) is 17.5 Å². The van der Waals surface area contributed by atoms with E-state index in [2.05, 4.69) is 4.72 Å². The van der Waals surface area contributed by atoms with Crippen LogP contribution in [0.5, 0.6) is 5.75 Å². The topological polar surface area (TPSA) is 55.4 Å². The fraction of sp³-hybridized carbons (Fsp3) is 0.200. The molecule has 0 aliphatic carbocycles. The minimum Gasteiger partial charge on any atom is -0.494 e. The summed E-state index contributed by atoms with van der Waals surface area (Å²) in [5.74, 6) is -0.710. The number of hydrogen-bond donors (Lipinski definition) is 1. The average Bonchev–Trinajstić information content (AvgIpc) is 2.47. The van der Waals surface area contributed by atoms with Crippen LogP contribution in [-0.4, -0.2) is 15.5 Å². The smallest absolute Gasteiger partial charge is 0.241 e. The third kappa shape index (κ3) is 3.59. The molecule has 6 heteroatoms. The highest BCUT2D eigenvalue weighted by Gasteiger charge is 2.19. The Kier molecular flexibility index (Phi) is 4.59.